The van der Waals surface area contributed by atoms with E-state index in [1.165, 1.54) is 18.2 Å². The van der Waals surface area contributed by atoms with Crippen molar-refractivity contribution in [2.24, 2.45) is 0 Å². The van der Waals surface area contributed by atoms with E-state index in [9.17, 15) is 9.18 Å². The molecule has 0 aromatic heterocycles. The first-order valence-electron chi connectivity index (χ1n) is 6.07. The number of hydrogen-bond donors (Lipinski definition) is 0. The van der Waals surface area contributed by atoms with Gasteiger partial charge in [0.1, 0.15) is 5.82 Å². The Morgan fingerprint density at radius 3 is 2.57 bits per heavy atom. The van der Waals surface area contributed by atoms with Crippen molar-refractivity contribution in [1.29, 1.82) is 0 Å². The van der Waals surface area contributed by atoms with Crippen LogP contribution in [0.4, 0.5) is 4.39 Å². The Morgan fingerprint density at radius 1 is 1.29 bits per heavy atom. The van der Waals surface area contributed by atoms with Crippen molar-refractivity contribution in [2.45, 2.75) is 6.92 Å². The molecule has 0 radical (unpaired) electrons. The fourth-order valence-electron chi connectivity index (χ4n) is 1.69. The van der Waals surface area contributed by atoms with Gasteiger partial charge in [0.25, 0.3) is 0 Å². The summed E-state index contributed by atoms with van der Waals surface area (Å²) in [6.07, 6.45) is 2.81. The molecular formula is C16H11BrClFO2. The molecule has 0 unspecified atom stereocenters. The first-order valence-corrected chi connectivity index (χ1v) is 7.24. The molecule has 0 atom stereocenters. The lowest BCUT2D eigenvalue weighted by Gasteiger charge is -2.08. The van der Waals surface area contributed by atoms with Gasteiger partial charge >= 0.3 is 5.97 Å². The summed E-state index contributed by atoms with van der Waals surface area (Å²) in [4.78, 5) is 11.8. The summed E-state index contributed by atoms with van der Waals surface area (Å²) >= 11 is 9.35. The van der Waals surface area contributed by atoms with Crippen LogP contribution in [0.3, 0.4) is 0 Å². The average molecular weight is 370 g/mol. The topological polar surface area (TPSA) is 26.3 Å². The summed E-state index contributed by atoms with van der Waals surface area (Å²) in [5.74, 6) is -0.549. The van der Waals surface area contributed by atoms with Crippen LogP contribution in [0.15, 0.2) is 46.9 Å². The first-order chi connectivity index (χ1) is 9.95. The molecule has 21 heavy (non-hydrogen) atoms. The highest BCUT2D eigenvalue weighted by Gasteiger charge is 2.10. The molecule has 0 aliphatic carbocycles. The molecule has 0 heterocycles. The molecule has 0 aliphatic heterocycles. The van der Waals surface area contributed by atoms with Crippen LogP contribution in [-0.2, 0) is 4.79 Å². The Kier molecular flexibility index (Phi) is 5.15. The van der Waals surface area contributed by atoms with Gasteiger partial charge in [0.15, 0.2) is 5.75 Å². The number of hydrogen-bond acceptors (Lipinski definition) is 2. The van der Waals surface area contributed by atoms with Gasteiger partial charge in [-0.2, -0.15) is 0 Å². The fraction of sp³-hybridized carbons (Fsp3) is 0.0625. The number of aryl methyl sites for hydroxylation is 1. The van der Waals surface area contributed by atoms with Crippen LogP contribution in [0.2, 0.25) is 5.02 Å². The zero-order chi connectivity index (χ0) is 15.4. The molecule has 108 valence electrons. The van der Waals surface area contributed by atoms with Gasteiger partial charge in [-0.25, -0.2) is 9.18 Å². The van der Waals surface area contributed by atoms with Crippen molar-refractivity contribution in [3.05, 3.63) is 68.9 Å². The number of benzene rings is 2. The molecule has 0 N–H and O–H groups in total. The van der Waals surface area contributed by atoms with Crippen molar-refractivity contribution in [3.8, 4) is 5.75 Å². The predicted molar refractivity (Wildman–Crippen MR) is 85.0 cm³/mol. The molecule has 0 amide bonds. The molecule has 0 bridgehead atoms. The predicted octanol–water partition coefficient (Wildman–Crippen LogP) is 5.17. The molecule has 0 saturated heterocycles. The lowest BCUT2D eigenvalue weighted by molar-refractivity contribution is -0.128. The normalized spacial score (nSPS) is 10.9. The molecule has 0 saturated carbocycles. The van der Waals surface area contributed by atoms with Crippen LogP contribution in [0.5, 0.6) is 5.75 Å². The van der Waals surface area contributed by atoms with Gasteiger partial charge in [-0.15, -0.1) is 0 Å². The standard InChI is InChI=1S/C16H11BrClFO2/c1-10-8-12(17)9-14(18)16(10)21-15(20)7-4-11-2-5-13(19)6-3-11/h2-9H,1H3. The molecule has 2 aromatic rings. The number of halogens is 3. The molecule has 0 spiro atoms. The lowest BCUT2D eigenvalue weighted by Crippen LogP contribution is -2.05. The number of ether oxygens (including phenoxy) is 1. The van der Waals surface area contributed by atoms with Crippen molar-refractivity contribution in [2.75, 3.05) is 0 Å². The Labute approximate surface area is 135 Å². The molecule has 0 fully saturated rings. The summed E-state index contributed by atoms with van der Waals surface area (Å²) in [5.41, 5.74) is 1.45. The summed E-state index contributed by atoms with van der Waals surface area (Å²) < 4.78 is 18.8. The van der Waals surface area contributed by atoms with Gasteiger partial charge < -0.3 is 4.74 Å². The Morgan fingerprint density at radius 2 is 1.95 bits per heavy atom. The molecule has 5 heteroatoms. The van der Waals surface area contributed by atoms with Crippen molar-refractivity contribution in [3.63, 3.8) is 0 Å². The van der Waals surface area contributed by atoms with Gasteiger partial charge in [-0.1, -0.05) is 39.7 Å². The number of carbonyl (C=O) groups is 1. The van der Waals surface area contributed by atoms with Gasteiger partial charge in [-0.3, -0.25) is 0 Å². The van der Waals surface area contributed by atoms with E-state index in [1.54, 1.807) is 37.3 Å². The van der Waals surface area contributed by atoms with Crippen LogP contribution in [0.25, 0.3) is 6.08 Å². The molecule has 0 aliphatic rings. The van der Waals surface area contributed by atoms with Crippen molar-refractivity contribution < 1.29 is 13.9 Å². The number of carbonyl (C=O) groups excluding carboxylic acids is 1. The van der Waals surface area contributed by atoms with E-state index >= 15 is 0 Å². The van der Waals surface area contributed by atoms with Crippen LogP contribution in [0.1, 0.15) is 11.1 Å². The quantitative estimate of drug-likeness (QED) is 0.424. The molecule has 2 aromatic carbocycles. The number of rotatable bonds is 3. The monoisotopic (exact) mass is 368 g/mol. The molecule has 2 rings (SSSR count). The van der Waals surface area contributed by atoms with E-state index in [1.807, 2.05) is 0 Å². The first kappa shape index (κ1) is 15.7. The second-order valence-corrected chi connectivity index (χ2v) is 5.66. The second-order valence-electron chi connectivity index (χ2n) is 4.34. The second kappa shape index (κ2) is 6.87. The van der Waals surface area contributed by atoms with Gasteiger partial charge in [-0.05, 0) is 48.4 Å². The maximum atomic E-state index is 12.8. The molecular weight excluding hydrogens is 359 g/mol. The zero-order valence-electron chi connectivity index (χ0n) is 11.1. The summed E-state index contributed by atoms with van der Waals surface area (Å²) in [5, 5.41) is 0.352. The largest absolute Gasteiger partial charge is 0.421 e. The van der Waals surface area contributed by atoms with Crippen LogP contribution < -0.4 is 4.74 Å². The minimum atomic E-state index is -0.549. The third-order valence-electron chi connectivity index (χ3n) is 2.68. The van der Waals surface area contributed by atoms with E-state index in [2.05, 4.69) is 15.9 Å². The minimum absolute atomic E-state index is 0.327. The number of esters is 1. The lowest BCUT2D eigenvalue weighted by atomic mass is 10.2. The van der Waals surface area contributed by atoms with E-state index in [4.69, 9.17) is 16.3 Å². The van der Waals surface area contributed by atoms with E-state index in [0.29, 0.717) is 16.3 Å². The SMILES string of the molecule is Cc1cc(Br)cc(Cl)c1OC(=O)C=Cc1ccc(F)cc1. The highest BCUT2D eigenvalue weighted by atomic mass is 79.9. The van der Waals surface area contributed by atoms with Crippen LogP contribution >= 0.6 is 27.5 Å². The summed E-state index contributed by atoms with van der Waals surface area (Å²) in [7, 11) is 0. The smallest absolute Gasteiger partial charge is 0.336 e. The van der Waals surface area contributed by atoms with E-state index < -0.39 is 5.97 Å². The highest BCUT2D eigenvalue weighted by Crippen LogP contribution is 2.32. The third kappa shape index (κ3) is 4.41. The van der Waals surface area contributed by atoms with Crippen LogP contribution in [0, 0.1) is 12.7 Å². The zero-order valence-corrected chi connectivity index (χ0v) is 13.4. The van der Waals surface area contributed by atoms with Gasteiger partial charge in [0, 0.05) is 10.5 Å². The van der Waals surface area contributed by atoms with Crippen LogP contribution in [-0.4, -0.2) is 5.97 Å². The summed E-state index contributed by atoms with van der Waals surface area (Å²) in [6, 6.07) is 9.23. The Hall–Kier alpha value is -1.65. The maximum Gasteiger partial charge on any atom is 0.336 e. The summed E-state index contributed by atoms with van der Waals surface area (Å²) in [6.45, 7) is 1.79. The minimum Gasteiger partial charge on any atom is -0.421 e. The van der Waals surface area contributed by atoms with E-state index in [0.717, 1.165) is 10.0 Å². The van der Waals surface area contributed by atoms with Gasteiger partial charge in [0.2, 0.25) is 0 Å². The average Bonchev–Trinajstić information content (AvgIpc) is 2.42. The Bertz CT molecular complexity index is 673. The Balaban J connectivity index is 2.10. The van der Waals surface area contributed by atoms with Gasteiger partial charge in [0.05, 0.1) is 5.02 Å². The maximum absolute atomic E-state index is 12.8. The highest BCUT2D eigenvalue weighted by molar-refractivity contribution is 9.10. The molecule has 2 nitrogen and oxygen atoms in total. The van der Waals surface area contributed by atoms with E-state index in [-0.39, 0.29) is 5.82 Å². The van der Waals surface area contributed by atoms with Crippen molar-refractivity contribution >= 4 is 39.6 Å². The van der Waals surface area contributed by atoms with Crippen molar-refractivity contribution in [1.82, 2.24) is 0 Å². The fourth-order valence-corrected chi connectivity index (χ4v) is 2.70. The third-order valence-corrected chi connectivity index (χ3v) is 3.42.